The normalized spacial score (nSPS) is 13.6. The van der Waals surface area contributed by atoms with Crippen LogP contribution in [0.25, 0.3) is 0 Å². The van der Waals surface area contributed by atoms with E-state index in [2.05, 4.69) is 30.4 Å². The van der Waals surface area contributed by atoms with Crippen LogP contribution in [0.3, 0.4) is 0 Å². The van der Waals surface area contributed by atoms with Gasteiger partial charge in [-0.15, -0.1) is 0 Å². The van der Waals surface area contributed by atoms with Crippen LogP contribution in [0.4, 0.5) is 0 Å². The Kier molecular flexibility index (Phi) is 13.6. The number of hydrogen-bond donors (Lipinski definition) is 3. The van der Waals surface area contributed by atoms with E-state index in [0.29, 0.717) is 6.61 Å². The highest BCUT2D eigenvalue weighted by atomic mass is 32.1. The molecule has 0 aromatic heterocycles. The van der Waals surface area contributed by atoms with Gasteiger partial charge in [0.1, 0.15) is 0 Å². The molecule has 0 saturated carbocycles. The molecule has 1 nitrogen and oxygen atoms in total. The van der Waals surface area contributed by atoms with Crippen LogP contribution in [0.2, 0.25) is 0 Å². The van der Waals surface area contributed by atoms with Gasteiger partial charge in [0.05, 0.1) is 6.61 Å². The zero-order chi connectivity index (χ0) is 13.5. The highest BCUT2D eigenvalue weighted by molar-refractivity contribution is 7.81. The standard InChI is InChI=1S/C14H30OS2/c15-13-14(17)11-9-7-5-3-1-2-4-6-8-10-12-16/h14-17H,1-13H2/i15T. The van der Waals surface area contributed by atoms with Gasteiger partial charge in [-0.3, -0.25) is 0 Å². The van der Waals surface area contributed by atoms with Crippen molar-refractivity contribution in [2.45, 2.75) is 75.9 Å². The lowest BCUT2D eigenvalue weighted by Crippen LogP contribution is -2.03. The molecule has 0 aliphatic heterocycles. The molecule has 104 valence electrons. The second kappa shape index (κ2) is 14.7. The van der Waals surface area contributed by atoms with Crippen LogP contribution in [0, 0.1) is 0 Å². The number of unbranched alkanes of at least 4 members (excludes halogenated alkanes) is 9. The Labute approximate surface area is 120 Å². The van der Waals surface area contributed by atoms with Crippen LogP contribution in [0.15, 0.2) is 0 Å². The summed E-state index contributed by atoms with van der Waals surface area (Å²) in [5, 5.41) is 4.57. The summed E-state index contributed by atoms with van der Waals surface area (Å²) in [4.78, 5) is 0. The van der Waals surface area contributed by atoms with Crippen LogP contribution in [-0.4, -0.2) is 24.1 Å². The smallest absolute Gasteiger partial charge is 0.210 e. The van der Waals surface area contributed by atoms with Crippen LogP contribution >= 0.6 is 25.3 Å². The Balaban J connectivity index is 2.98. The molecule has 17 heavy (non-hydrogen) atoms. The number of rotatable bonds is 14. The highest BCUT2D eigenvalue weighted by Gasteiger charge is 1.99. The van der Waals surface area contributed by atoms with Crippen molar-refractivity contribution < 1.29 is 5.11 Å². The van der Waals surface area contributed by atoms with E-state index in [4.69, 9.17) is 1.43 Å². The third kappa shape index (κ3) is 14.6. The van der Waals surface area contributed by atoms with Gasteiger partial charge in [0.2, 0.25) is 1.43 Å². The minimum absolute atomic E-state index is 0.245. The van der Waals surface area contributed by atoms with E-state index in [0.717, 1.165) is 12.2 Å². The lowest BCUT2D eigenvalue weighted by Gasteiger charge is -2.06. The van der Waals surface area contributed by atoms with Crippen LogP contribution < -0.4 is 0 Å². The largest absolute Gasteiger partial charge is 0.395 e. The molecule has 0 fully saturated rings. The Morgan fingerprint density at radius 1 is 0.824 bits per heavy atom. The second-order valence-corrected chi connectivity index (χ2v) is 6.05. The summed E-state index contributed by atoms with van der Waals surface area (Å²) in [6.07, 6.45) is 14.5. The molecule has 0 spiro atoms. The van der Waals surface area contributed by atoms with E-state index < -0.39 is 0 Å². The van der Waals surface area contributed by atoms with Gasteiger partial charge in [0.15, 0.2) is 0 Å². The fraction of sp³-hybridized carbons (Fsp3) is 1.00. The van der Waals surface area contributed by atoms with Gasteiger partial charge in [0, 0.05) is 5.25 Å². The molecule has 3 heteroatoms. The zero-order valence-electron chi connectivity index (χ0n) is 12.1. The van der Waals surface area contributed by atoms with Gasteiger partial charge in [-0.25, -0.2) is 0 Å². The summed E-state index contributed by atoms with van der Waals surface area (Å²) in [7, 11) is 0. The number of thiol groups is 2. The van der Waals surface area contributed by atoms with Crippen molar-refractivity contribution in [1.29, 1.82) is 1.43 Å². The lowest BCUT2D eigenvalue weighted by atomic mass is 10.1. The third-order valence-corrected chi connectivity index (χ3v) is 3.86. The Bertz CT molecular complexity index is 159. The molecule has 1 atom stereocenters. The van der Waals surface area contributed by atoms with Crippen molar-refractivity contribution in [1.82, 2.24) is 0 Å². The van der Waals surface area contributed by atoms with Crippen molar-refractivity contribution in [2.24, 2.45) is 0 Å². The SMILES string of the molecule is [3H]OCC(S)CCCCCCCCCCCCS. The van der Waals surface area contributed by atoms with E-state index in [-0.39, 0.29) is 5.25 Å². The molecular weight excluding hydrogens is 248 g/mol. The minimum atomic E-state index is 0.245. The first kappa shape index (κ1) is 15.7. The molecule has 0 heterocycles. The monoisotopic (exact) mass is 280 g/mol. The van der Waals surface area contributed by atoms with Crippen LogP contribution in [0.5, 0.6) is 0 Å². The minimum Gasteiger partial charge on any atom is -0.395 e. The third-order valence-electron chi connectivity index (χ3n) is 3.14. The number of hydrogen-bond acceptors (Lipinski definition) is 3. The predicted molar refractivity (Wildman–Crippen MR) is 84.5 cm³/mol. The van der Waals surface area contributed by atoms with Crippen LogP contribution in [0.1, 0.15) is 70.6 Å². The quantitative estimate of drug-likeness (QED) is 0.316. The van der Waals surface area contributed by atoms with E-state index in [1.807, 2.05) is 0 Å². The average Bonchev–Trinajstić information content (AvgIpc) is 2.36. The van der Waals surface area contributed by atoms with Gasteiger partial charge in [-0.2, -0.15) is 25.3 Å². The van der Waals surface area contributed by atoms with Gasteiger partial charge >= 0.3 is 0 Å². The molecule has 0 amide bonds. The summed E-state index contributed by atoms with van der Waals surface area (Å²) >= 11 is 8.57. The van der Waals surface area contributed by atoms with Gasteiger partial charge in [0.25, 0.3) is 0 Å². The van der Waals surface area contributed by atoms with Gasteiger partial charge < -0.3 is 5.11 Å². The zero-order valence-corrected chi connectivity index (χ0v) is 12.9. The molecule has 0 bridgehead atoms. The van der Waals surface area contributed by atoms with Crippen molar-refractivity contribution in [3.63, 3.8) is 0 Å². The van der Waals surface area contributed by atoms with Crippen molar-refractivity contribution >= 4 is 25.3 Å². The van der Waals surface area contributed by atoms with E-state index in [1.165, 1.54) is 64.2 Å². The van der Waals surface area contributed by atoms with E-state index in [9.17, 15) is 0 Å². The van der Waals surface area contributed by atoms with Crippen molar-refractivity contribution in [3.8, 4) is 0 Å². The summed E-state index contributed by atoms with van der Waals surface area (Å²) in [5.74, 6) is 1.04. The molecule has 0 aliphatic carbocycles. The predicted octanol–water partition coefficient (Wildman–Crippen LogP) is 4.50. The Morgan fingerprint density at radius 2 is 1.29 bits per heavy atom. The van der Waals surface area contributed by atoms with Gasteiger partial charge in [-0.05, 0) is 18.6 Å². The maximum Gasteiger partial charge on any atom is 0.210 e. The molecular formula is C14H30OS2. The maximum atomic E-state index is 6.63. The molecule has 0 rings (SSSR count). The summed E-state index contributed by atoms with van der Waals surface area (Å²) in [5.41, 5.74) is 0. The first-order valence-electron chi connectivity index (χ1n) is 7.59. The molecule has 1 N–H and O–H groups in total. The fourth-order valence-electron chi connectivity index (χ4n) is 1.99. The molecule has 0 aliphatic rings. The molecule has 0 radical (unpaired) electrons. The van der Waals surface area contributed by atoms with Crippen molar-refractivity contribution in [2.75, 3.05) is 12.4 Å². The molecule has 0 aromatic rings. The Hall–Kier alpha value is 0.660. The average molecular weight is 281 g/mol. The summed E-state index contributed by atoms with van der Waals surface area (Å²) in [6, 6.07) is 0. The second-order valence-electron chi connectivity index (χ2n) is 4.87. The topological polar surface area (TPSA) is 20.2 Å². The van der Waals surface area contributed by atoms with Gasteiger partial charge in [-0.1, -0.05) is 57.8 Å². The Morgan fingerprint density at radius 3 is 1.76 bits per heavy atom. The first-order chi connectivity index (χ1) is 8.81. The molecule has 0 saturated heterocycles. The lowest BCUT2D eigenvalue weighted by molar-refractivity contribution is 0.289. The first-order valence-corrected chi connectivity index (χ1v) is 8.33. The number of aliphatic hydroxyl groups excluding tert-OH is 1. The molecule has 1 unspecified atom stereocenters. The van der Waals surface area contributed by atoms with E-state index in [1.54, 1.807) is 0 Å². The maximum absolute atomic E-state index is 6.63. The van der Waals surface area contributed by atoms with Crippen molar-refractivity contribution in [3.05, 3.63) is 0 Å². The molecule has 0 aromatic carbocycles. The number of aliphatic hydroxyl groups is 1. The van der Waals surface area contributed by atoms with Crippen LogP contribution in [-0.2, 0) is 0 Å². The summed E-state index contributed by atoms with van der Waals surface area (Å²) < 4.78 is 6.63. The summed E-state index contributed by atoms with van der Waals surface area (Å²) in [6.45, 7) is 0.454. The van der Waals surface area contributed by atoms with E-state index >= 15 is 0 Å². The highest BCUT2D eigenvalue weighted by Crippen LogP contribution is 2.13. The fourth-order valence-corrected chi connectivity index (χ4v) is 2.40.